The topological polar surface area (TPSA) is 69.8 Å². The van der Waals surface area contributed by atoms with Crippen LogP contribution in [-0.2, 0) is 9.59 Å². The maximum Gasteiger partial charge on any atom is 0.181 e. The van der Waals surface area contributed by atoms with Crippen molar-refractivity contribution < 1.29 is 9.59 Å². The molecule has 2 aromatic heterocycles. The molecule has 0 N–H and O–H groups in total. The van der Waals surface area contributed by atoms with E-state index in [2.05, 4.69) is 138 Å². The average molecular weight is 697 g/mol. The zero-order chi connectivity index (χ0) is 38.1. The first-order valence-corrected chi connectivity index (χ1v) is 18.1. The molecule has 0 fully saturated rings. The molecule has 6 nitrogen and oxygen atoms in total. The zero-order valence-electron chi connectivity index (χ0n) is 32.7. The van der Waals surface area contributed by atoms with Crippen LogP contribution in [0.4, 0.5) is 0 Å². The van der Waals surface area contributed by atoms with Crippen LogP contribution < -0.4 is 0 Å². The van der Waals surface area contributed by atoms with Gasteiger partial charge < -0.3 is 9.13 Å². The average Bonchev–Trinajstić information content (AvgIpc) is 3.82. The van der Waals surface area contributed by atoms with Crippen LogP contribution in [-0.4, -0.2) is 30.7 Å². The first-order valence-electron chi connectivity index (χ1n) is 18.1. The van der Waals surface area contributed by atoms with Crippen molar-refractivity contribution in [2.24, 2.45) is 10.8 Å². The highest BCUT2D eigenvalue weighted by molar-refractivity contribution is 6.01. The molecule has 0 radical (unpaired) electrons. The number of Topliss-reactive ketones (excluding diaryl/α,β-unsaturated/α-hetero) is 2. The number of aromatic nitrogens is 4. The Morgan fingerprint density at radius 2 is 0.942 bits per heavy atom. The Morgan fingerprint density at radius 1 is 0.596 bits per heavy atom. The van der Waals surface area contributed by atoms with E-state index < -0.39 is 0 Å². The lowest BCUT2D eigenvalue weighted by Crippen LogP contribution is -2.33. The zero-order valence-corrected chi connectivity index (χ0v) is 32.7. The molecule has 52 heavy (non-hydrogen) atoms. The summed E-state index contributed by atoms with van der Waals surface area (Å²) in [7, 11) is 0. The van der Waals surface area contributed by atoms with Crippen LogP contribution in [0.5, 0.6) is 0 Å². The number of carbonyl (C=O) groups is 2. The monoisotopic (exact) mass is 696 g/mol. The van der Waals surface area contributed by atoms with Crippen LogP contribution in [0.1, 0.15) is 94.2 Å². The molecule has 0 bridgehead atoms. The fourth-order valence-electron chi connectivity index (χ4n) is 7.01. The summed E-state index contributed by atoms with van der Waals surface area (Å²) in [6.07, 6.45) is 41.3. The van der Waals surface area contributed by atoms with Crippen LogP contribution in [0.15, 0.2) is 167 Å². The predicted molar refractivity (Wildman–Crippen MR) is 215 cm³/mol. The Bertz CT molecular complexity index is 1810. The third-order valence-corrected chi connectivity index (χ3v) is 10.1. The highest BCUT2D eigenvalue weighted by Crippen LogP contribution is 2.45. The maximum absolute atomic E-state index is 13.2. The lowest BCUT2D eigenvalue weighted by Gasteiger charge is -2.37. The minimum absolute atomic E-state index is 0.124. The molecule has 2 aromatic rings. The smallest absolute Gasteiger partial charge is 0.181 e. The summed E-state index contributed by atoms with van der Waals surface area (Å²) in [5.41, 5.74) is 8.11. The van der Waals surface area contributed by atoms with E-state index in [0.29, 0.717) is 0 Å². The number of carbonyl (C=O) groups excluding carboxylic acids is 2. The van der Waals surface area contributed by atoms with Gasteiger partial charge in [-0.2, -0.15) is 0 Å². The summed E-state index contributed by atoms with van der Waals surface area (Å²) < 4.78 is 3.85. The molecule has 0 aliphatic heterocycles. The second-order valence-electron chi connectivity index (χ2n) is 15.4. The lowest BCUT2D eigenvalue weighted by atomic mass is 9.70. The summed E-state index contributed by atoms with van der Waals surface area (Å²) in [5.74, 6) is 0.328. The van der Waals surface area contributed by atoms with E-state index in [0.717, 1.165) is 57.4 Å². The normalized spacial score (nSPS) is 22.6. The van der Waals surface area contributed by atoms with E-state index in [1.54, 1.807) is 25.0 Å². The number of imidazole rings is 2. The van der Waals surface area contributed by atoms with Crippen LogP contribution in [0, 0.1) is 10.8 Å². The maximum atomic E-state index is 13.2. The molecule has 2 aliphatic carbocycles. The van der Waals surface area contributed by atoms with E-state index in [1.165, 1.54) is 0 Å². The fourth-order valence-corrected chi connectivity index (χ4v) is 7.01. The molecule has 0 aromatic carbocycles. The highest BCUT2D eigenvalue weighted by Gasteiger charge is 2.39. The summed E-state index contributed by atoms with van der Waals surface area (Å²) >= 11 is 0. The molecule has 4 rings (SSSR count). The predicted octanol–water partition coefficient (Wildman–Crippen LogP) is 11.1. The van der Waals surface area contributed by atoms with Crippen LogP contribution in [0.2, 0.25) is 0 Å². The molecule has 0 spiro atoms. The molecule has 0 saturated carbocycles. The van der Waals surface area contributed by atoms with Crippen molar-refractivity contribution in [1.82, 2.24) is 19.1 Å². The lowest BCUT2D eigenvalue weighted by molar-refractivity contribution is -0.120. The van der Waals surface area contributed by atoms with Crippen LogP contribution in [0.25, 0.3) is 0 Å². The molecule has 0 saturated heterocycles. The Labute approximate surface area is 311 Å². The number of hydrogen-bond acceptors (Lipinski definition) is 4. The minimum atomic E-state index is -0.199. The first kappa shape index (κ1) is 39.7. The van der Waals surface area contributed by atoms with Gasteiger partial charge in [0, 0.05) is 24.8 Å². The second kappa shape index (κ2) is 17.4. The van der Waals surface area contributed by atoms with Crippen LogP contribution >= 0.6 is 0 Å². The third kappa shape index (κ3) is 10.2. The largest absolute Gasteiger partial charge is 0.327 e. The van der Waals surface area contributed by atoms with E-state index in [-0.39, 0.29) is 34.5 Å². The van der Waals surface area contributed by atoms with Crippen molar-refractivity contribution in [2.45, 2.75) is 94.2 Å². The molecule has 0 amide bonds. The molecule has 272 valence electrons. The third-order valence-electron chi connectivity index (χ3n) is 10.1. The summed E-state index contributed by atoms with van der Waals surface area (Å²) in [6.45, 7) is 21.0. The van der Waals surface area contributed by atoms with Gasteiger partial charge in [0.1, 0.15) is 0 Å². The highest BCUT2D eigenvalue weighted by atomic mass is 16.1. The first-order chi connectivity index (χ1) is 24.6. The van der Waals surface area contributed by atoms with Gasteiger partial charge in [-0.15, -0.1) is 0 Å². The fraction of sp³-hybridized carbons (Fsp3) is 0.348. The van der Waals surface area contributed by atoms with Gasteiger partial charge in [-0.05, 0) is 87.5 Å². The van der Waals surface area contributed by atoms with Crippen molar-refractivity contribution >= 4 is 11.6 Å². The van der Waals surface area contributed by atoms with E-state index in [4.69, 9.17) is 0 Å². The van der Waals surface area contributed by atoms with Crippen molar-refractivity contribution in [1.29, 1.82) is 0 Å². The van der Waals surface area contributed by atoms with Gasteiger partial charge in [-0.25, -0.2) is 9.97 Å². The number of ketones is 2. The van der Waals surface area contributed by atoms with E-state index >= 15 is 0 Å². The molecule has 2 heterocycles. The SMILES string of the molecule is CC(C=CC=C(C)C=CC1=C(C)C(=O)C(n2ccnc2)CC1(C)C)=CC=CC=C(C)C=CC=C(C)C=CC1=C(C)C(=O)C(n2ccnc2)CC1(C)C. The van der Waals surface area contributed by atoms with Gasteiger partial charge in [0.15, 0.2) is 11.6 Å². The Balaban J connectivity index is 1.29. The molecular formula is C46H56N4O2. The van der Waals surface area contributed by atoms with Crippen LogP contribution in [0.3, 0.4) is 0 Å². The quantitative estimate of drug-likeness (QED) is 0.207. The molecule has 2 unspecified atom stereocenters. The number of allylic oxidation sites excluding steroid dienone is 22. The minimum Gasteiger partial charge on any atom is -0.327 e. The van der Waals surface area contributed by atoms with Gasteiger partial charge >= 0.3 is 0 Å². The van der Waals surface area contributed by atoms with E-state index in [9.17, 15) is 9.59 Å². The number of hydrogen-bond donors (Lipinski definition) is 0. The Morgan fingerprint density at radius 3 is 1.29 bits per heavy atom. The molecular weight excluding hydrogens is 641 g/mol. The second-order valence-corrected chi connectivity index (χ2v) is 15.4. The van der Waals surface area contributed by atoms with Crippen molar-refractivity contribution in [3.05, 3.63) is 167 Å². The summed E-state index contributed by atoms with van der Waals surface area (Å²) in [4.78, 5) is 34.6. The van der Waals surface area contributed by atoms with Crippen molar-refractivity contribution in [3.63, 3.8) is 0 Å². The summed E-state index contributed by atoms with van der Waals surface area (Å²) in [6, 6.07) is -0.399. The Hall–Kier alpha value is -5.10. The van der Waals surface area contributed by atoms with Gasteiger partial charge in [-0.3, -0.25) is 9.59 Å². The number of rotatable bonds is 12. The van der Waals surface area contributed by atoms with Crippen molar-refractivity contribution in [3.8, 4) is 0 Å². The standard InChI is InChI=1S/C46H56N4O2/c1-33(17-13-19-35(3)21-23-39-37(5)43(51)41(29-45(39,7)8)49-27-25-47-31-49)15-11-12-16-34(2)18-14-20-36(4)22-24-40-38(6)44(52)42(30-46(40,9)10)50-28-26-48-32-50/h11-28,31-32,41-42H,29-30H2,1-10H3. The van der Waals surface area contributed by atoms with Crippen molar-refractivity contribution in [2.75, 3.05) is 0 Å². The van der Waals surface area contributed by atoms with Gasteiger partial charge in [0.25, 0.3) is 0 Å². The molecule has 2 atom stereocenters. The summed E-state index contributed by atoms with van der Waals surface area (Å²) in [5, 5.41) is 0. The van der Waals surface area contributed by atoms with Gasteiger partial charge in [0.2, 0.25) is 0 Å². The molecule has 6 heteroatoms. The Kier molecular flexibility index (Phi) is 13.3. The number of nitrogens with zero attached hydrogens (tertiary/aromatic N) is 4. The molecule has 2 aliphatic rings. The van der Waals surface area contributed by atoms with Gasteiger partial charge in [-0.1, -0.05) is 135 Å². The van der Waals surface area contributed by atoms with E-state index in [1.807, 2.05) is 47.5 Å². The van der Waals surface area contributed by atoms with Gasteiger partial charge in [0.05, 0.1) is 24.7 Å².